The van der Waals surface area contributed by atoms with Gasteiger partial charge in [0.2, 0.25) is 0 Å². The first-order chi connectivity index (χ1) is 15.2. The number of carbonyl (C=O) groups is 1. The first-order valence-electron chi connectivity index (χ1n) is 10.4. The Kier molecular flexibility index (Phi) is 8.33. The Morgan fingerprint density at radius 2 is 1.41 bits per heavy atom. The van der Waals surface area contributed by atoms with Crippen molar-refractivity contribution >= 4 is 5.78 Å². The number of Topliss-reactive ketones (excluding diaryl/α,β-unsaturated/α-hetero) is 1. The van der Waals surface area contributed by atoms with Crippen LogP contribution in [-0.2, 0) is 14.2 Å². The molecule has 1 aromatic rings. The molecule has 0 saturated carbocycles. The molecule has 1 aromatic carbocycles. The van der Waals surface area contributed by atoms with Crippen LogP contribution in [0, 0.1) is 6.92 Å². The van der Waals surface area contributed by atoms with Crippen LogP contribution in [0.1, 0.15) is 22.3 Å². The molecule has 2 saturated heterocycles. The monoisotopic (exact) mass is 458 g/mol. The predicted molar refractivity (Wildman–Crippen MR) is 107 cm³/mol. The largest absolute Gasteiger partial charge is 0.394 e. The number of hydrogen-bond acceptors (Lipinski definition) is 11. The van der Waals surface area contributed by atoms with Crippen molar-refractivity contribution in [2.75, 3.05) is 13.2 Å². The molecule has 0 aromatic heterocycles. The molecule has 11 heteroatoms. The molecule has 11 nitrogen and oxygen atoms in total. The molecular weight excluding hydrogens is 428 g/mol. The van der Waals surface area contributed by atoms with Crippen molar-refractivity contribution in [3.05, 3.63) is 35.4 Å². The van der Waals surface area contributed by atoms with E-state index in [2.05, 4.69) is 0 Å². The van der Waals surface area contributed by atoms with Gasteiger partial charge in [-0.2, -0.15) is 0 Å². The molecule has 0 amide bonds. The summed E-state index contributed by atoms with van der Waals surface area (Å²) >= 11 is 0. The molecule has 0 spiro atoms. The minimum Gasteiger partial charge on any atom is -0.394 e. The van der Waals surface area contributed by atoms with Gasteiger partial charge in [-0.3, -0.25) is 4.79 Å². The van der Waals surface area contributed by atoms with Crippen molar-refractivity contribution in [2.24, 2.45) is 0 Å². The fourth-order valence-electron chi connectivity index (χ4n) is 3.88. The lowest BCUT2D eigenvalue weighted by atomic mass is 9.91. The molecule has 0 aliphatic carbocycles. The normalized spacial score (nSPS) is 40.2. The number of benzene rings is 1. The quantitative estimate of drug-likeness (QED) is 0.210. The highest BCUT2D eigenvalue weighted by molar-refractivity contribution is 5.96. The van der Waals surface area contributed by atoms with Crippen molar-refractivity contribution in [2.45, 2.75) is 74.6 Å². The standard InChI is InChI=1S/C21H30O11/c1-9-2-4-10(5-3-9)11(24)6-12-15(25)18(28)20(14(8-23)30-12)32-21-19(29)17(27)16(26)13(7-22)31-21/h2-5,12-23,25-29H,6-8H2,1H3/t12-,13?,14?,15?,16-,17-,18+,19?,20+,21-/m0/s1. The Balaban J connectivity index is 1.69. The molecule has 2 heterocycles. The maximum absolute atomic E-state index is 12.6. The molecule has 0 radical (unpaired) electrons. The van der Waals surface area contributed by atoms with Crippen LogP contribution in [0.3, 0.4) is 0 Å². The third-order valence-electron chi connectivity index (χ3n) is 5.86. The summed E-state index contributed by atoms with van der Waals surface area (Å²) < 4.78 is 16.4. The maximum Gasteiger partial charge on any atom is 0.187 e. The van der Waals surface area contributed by atoms with Crippen molar-refractivity contribution in [3.63, 3.8) is 0 Å². The average Bonchev–Trinajstić information content (AvgIpc) is 2.79. The number of aryl methyl sites for hydroxylation is 1. The molecule has 2 aliphatic rings. The van der Waals surface area contributed by atoms with Crippen LogP contribution in [0.25, 0.3) is 0 Å². The fraction of sp³-hybridized carbons (Fsp3) is 0.667. The van der Waals surface area contributed by atoms with Gasteiger partial charge in [0.15, 0.2) is 12.1 Å². The predicted octanol–water partition coefficient (Wildman–Crippen LogP) is -2.77. The van der Waals surface area contributed by atoms with E-state index in [1.807, 2.05) is 6.92 Å². The van der Waals surface area contributed by atoms with E-state index >= 15 is 0 Å². The van der Waals surface area contributed by atoms with Gasteiger partial charge in [0.05, 0.1) is 19.3 Å². The van der Waals surface area contributed by atoms with Crippen LogP contribution in [0.15, 0.2) is 24.3 Å². The number of rotatable bonds is 7. The van der Waals surface area contributed by atoms with E-state index < -0.39 is 74.4 Å². The minimum atomic E-state index is -1.74. The Morgan fingerprint density at radius 1 is 0.812 bits per heavy atom. The van der Waals surface area contributed by atoms with Crippen LogP contribution in [-0.4, -0.2) is 116 Å². The van der Waals surface area contributed by atoms with E-state index in [9.17, 15) is 40.5 Å². The summed E-state index contributed by atoms with van der Waals surface area (Å²) in [5.41, 5.74) is 1.38. The zero-order chi connectivity index (χ0) is 23.6. The van der Waals surface area contributed by atoms with Crippen LogP contribution in [0.2, 0.25) is 0 Å². The van der Waals surface area contributed by atoms with Crippen LogP contribution < -0.4 is 0 Å². The average molecular weight is 458 g/mol. The second-order valence-electron chi connectivity index (χ2n) is 8.17. The van der Waals surface area contributed by atoms with E-state index in [0.717, 1.165) is 5.56 Å². The summed E-state index contributed by atoms with van der Waals surface area (Å²) in [6, 6.07) is 6.80. The molecule has 2 aliphatic heterocycles. The summed E-state index contributed by atoms with van der Waals surface area (Å²) in [5.74, 6) is -0.328. The summed E-state index contributed by atoms with van der Waals surface area (Å²) in [6.45, 7) is 0.547. The Hall–Kier alpha value is -1.51. The van der Waals surface area contributed by atoms with Crippen molar-refractivity contribution in [1.82, 2.24) is 0 Å². The fourth-order valence-corrected chi connectivity index (χ4v) is 3.88. The van der Waals surface area contributed by atoms with E-state index in [-0.39, 0.29) is 12.2 Å². The van der Waals surface area contributed by atoms with Crippen LogP contribution in [0.5, 0.6) is 0 Å². The smallest absolute Gasteiger partial charge is 0.187 e. The van der Waals surface area contributed by atoms with Gasteiger partial charge in [-0.15, -0.1) is 0 Å². The summed E-state index contributed by atoms with van der Waals surface area (Å²) in [4.78, 5) is 12.6. The molecule has 10 atom stereocenters. The van der Waals surface area contributed by atoms with Crippen LogP contribution in [0.4, 0.5) is 0 Å². The SMILES string of the molecule is Cc1ccc(C(=O)C[C@@H]2OC(CO)[C@@H](O[C@@H]3OC(CO)[C@H](O)[C@H](O)C3O)[C@H](O)C2O)cc1. The zero-order valence-electron chi connectivity index (χ0n) is 17.5. The first kappa shape index (κ1) is 25.1. The number of hydrogen-bond donors (Lipinski definition) is 7. The number of ether oxygens (including phenoxy) is 3. The molecule has 32 heavy (non-hydrogen) atoms. The van der Waals surface area contributed by atoms with Gasteiger partial charge in [-0.1, -0.05) is 29.8 Å². The van der Waals surface area contributed by atoms with Gasteiger partial charge in [-0.05, 0) is 6.92 Å². The molecule has 2 fully saturated rings. The lowest BCUT2D eigenvalue weighted by Gasteiger charge is -2.46. The second-order valence-corrected chi connectivity index (χ2v) is 8.17. The summed E-state index contributed by atoms with van der Waals surface area (Å²) in [7, 11) is 0. The molecule has 180 valence electrons. The van der Waals surface area contributed by atoms with Gasteiger partial charge in [-0.25, -0.2) is 0 Å². The van der Waals surface area contributed by atoms with E-state index in [4.69, 9.17) is 14.2 Å². The van der Waals surface area contributed by atoms with Crippen molar-refractivity contribution in [3.8, 4) is 0 Å². The van der Waals surface area contributed by atoms with Gasteiger partial charge in [0.25, 0.3) is 0 Å². The summed E-state index contributed by atoms with van der Waals surface area (Å²) in [5, 5.41) is 70.1. The molecule has 3 rings (SSSR count). The topological polar surface area (TPSA) is 186 Å². The Bertz CT molecular complexity index is 753. The number of aliphatic hydroxyl groups is 7. The lowest BCUT2D eigenvalue weighted by molar-refractivity contribution is -0.341. The molecule has 0 bridgehead atoms. The maximum atomic E-state index is 12.6. The van der Waals surface area contributed by atoms with Crippen LogP contribution >= 0.6 is 0 Å². The third kappa shape index (κ3) is 5.18. The van der Waals surface area contributed by atoms with Gasteiger partial charge >= 0.3 is 0 Å². The number of carbonyl (C=O) groups excluding carboxylic acids is 1. The Labute approximate surface area is 184 Å². The van der Waals surface area contributed by atoms with Gasteiger partial charge in [0.1, 0.15) is 48.8 Å². The van der Waals surface area contributed by atoms with Gasteiger partial charge in [0, 0.05) is 12.0 Å². The van der Waals surface area contributed by atoms with Gasteiger partial charge < -0.3 is 50.0 Å². The minimum absolute atomic E-state index is 0.259. The Morgan fingerprint density at radius 3 is 2.00 bits per heavy atom. The van der Waals surface area contributed by atoms with E-state index in [0.29, 0.717) is 5.56 Å². The van der Waals surface area contributed by atoms with Crippen molar-refractivity contribution < 1.29 is 54.8 Å². The number of aliphatic hydroxyl groups excluding tert-OH is 7. The molecule has 4 unspecified atom stereocenters. The highest BCUT2D eigenvalue weighted by Gasteiger charge is 2.50. The van der Waals surface area contributed by atoms with Crippen molar-refractivity contribution in [1.29, 1.82) is 0 Å². The second kappa shape index (κ2) is 10.6. The third-order valence-corrected chi connectivity index (χ3v) is 5.86. The summed E-state index contributed by atoms with van der Waals surface area (Å²) in [6.07, 6.45) is -15.1. The highest BCUT2D eigenvalue weighted by atomic mass is 16.7. The first-order valence-corrected chi connectivity index (χ1v) is 10.4. The zero-order valence-corrected chi connectivity index (χ0v) is 17.5. The molecular formula is C21H30O11. The molecule has 7 N–H and O–H groups in total. The van der Waals surface area contributed by atoms with E-state index in [1.165, 1.54) is 0 Å². The highest BCUT2D eigenvalue weighted by Crippen LogP contribution is 2.30. The number of ketones is 1. The lowest BCUT2D eigenvalue weighted by Crippen LogP contribution is -2.64. The van der Waals surface area contributed by atoms with E-state index in [1.54, 1.807) is 24.3 Å².